The van der Waals surface area contributed by atoms with E-state index in [0.29, 0.717) is 12.1 Å². The molecule has 0 bridgehead atoms. The van der Waals surface area contributed by atoms with Crippen LogP contribution < -0.4 is 18.9 Å². The van der Waals surface area contributed by atoms with Gasteiger partial charge in [-0.3, -0.25) is 9.48 Å². The van der Waals surface area contributed by atoms with E-state index in [-0.39, 0.29) is 34.1 Å². The van der Waals surface area contributed by atoms with Gasteiger partial charge in [0, 0.05) is 18.0 Å². The monoisotopic (exact) mass is 458 g/mol. The van der Waals surface area contributed by atoms with E-state index in [1.807, 2.05) is 0 Å². The van der Waals surface area contributed by atoms with Crippen LogP contribution in [0.5, 0.6) is 17.4 Å². The van der Waals surface area contributed by atoms with Gasteiger partial charge in [-0.1, -0.05) is 6.07 Å². The summed E-state index contributed by atoms with van der Waals surface area (Å²) in [6, 6.07) is 9.50. The van der Waals surface area contributed by atoms with E-state index >= 15 is 0 Å². The first-order valence-electron chi connectivity index (χ1n) is 9.83. The molecule has 3 aromatic rings. The Bertz CT molecular complexity index is 1220. The number of methoxy groups -OCH3 is 2. The minimum Gasteiger partial charge on any atom is -0.495 e. The van der Waals surface area contributed by atoms with Crippen molar-refractivity contribution in [2.75, 3.05) is 14.2 Å². The lowest BCUT2D eigenvalue weighted by Gasteiger charge is -2.15. The number of carbonyl (C=O) groups is 1. The second-order valence-corrected chi connectivity index (χ2v) is 8.73. The van der Waals surface area contributed by atoms with E-state index < -0.39 is 15.9 Å². The van der Waals surface area contributed by atoms with Gasteiger partial charge in [0.15, 0.2) is 4.90 Å². The Labute approximate surface area is 185 Å². The van der Waals surface area contributed by atoms with Crippen molar-refractivity contribution in [2.24, 2.45) is 0 Å². The smallest absolute Gasteiger partial charge is 0.283 e. The average molecular weight is 458 g/mol. The van der Waals surface area contributed by atoms with Gasteiger partial charge in [0.05, 0.1) is 26.9 Å². The fraction of sp³-hybridized carbons (Fsp3) is 0.286. The summed E-state index contributed by atoms with van der Waals surface area (Å²) in [7, 11) is -1.54. The van der Waals surface area contributed by atoms with Crippen LogP contribution in [0.4, 0.5) is 0 Å². The van der Waals surface area contributed by atoms with Crippen molar-refractivity contribution in [1.82, 2.24) is 19.5 Å². The molecular weight excluding hydrogens is 436 g/mol. The quantitative estimate of drug-likeness (QED) is 0.517. The summed E-state index contributed by atoms with van der Waals surface area (Å²) in [6.45, 7) is 0.381. The molecule has 4 rings (SSSR count). The summed E-state index contributed by atoms with van der Waals surface area (Å²) in [4.78, 5) is 16.7. The van der Waals surface area contributed by atoms with Crippen LogP contribution in [0.3, 0.4) is 0 Å². The number of sulfonamides is 1. The van der Waals surface area contributed by atoms with Gasteiger partial charge in [0.2, 0.25) is 5.88 Å². The zero-order chi connectivity index (χ0) is 22.7. The maximum Gasteiger partial charge on any atom is 0.283 e. The summed E-state index contributed by atoms with van der Waals surface area (Å²) in [5, 5.41) is 4.13. The molecule has 1 N–H and O–H groups in total. The van der Waals surface area contributed by atoms with Crippen LogP contribution in [-0.4, -0.2) is 49.4 Å². The summed E-state index contributed by atoms with van der Waals surface area (Å²) in [5.74, 6) is -0.506. The van der Waals surface area contributed by atoms with Crippen molar-refractivity contribution in [3.05, 3.63) is 60.0 Å². The van der Waals surface area contributed by atoms with Gasteiger partial charge in [-0.05, 0) is 43.2 Å². The highest BCUT2D eigenvalue weighted by atomic mass is 32.2. The van der Waals surface area contributed by atoms with Gasteiger partial charge in [0.25, 0.3) is 15.9 Å². The van der Waals surface area contributed by atoms with E-state index in [0.717, 1.165) is 12.8 Å². The highest BCUT2D eigenvalue weighted by molar-refractivity contribution is 7.90. The molecule has 1 fully saturated rings. The Hall–Kier alpha value is -3.60. The Morgan fingerprint density at radius 3 is 2.56 bits per heavy atom. The Kier molecular flexibility index (Phi) is 5.99. The minimum atomic E-state index is -4.31. The van der Waals surface area contributed by atoms with Gasteiger partial charge in [0.1, 0.15) is 17.2 Å². The van der Waals surface area contributed by atoms with E-state index in [1.54, 1.807) is 35.3 Å². The number of pyridine rings is 1. The standard InChI is InChI=1S/C21H22N4O6S/c1-29-17-5-3-6-18(31-15-8-9-15)19(17)32(27,28)24-20(26)16-10-7-14(21(23-16)30-2)13-25-12-4-11-22-25/h3-7,10-12,15H,8-9,13H2,1-2H3,(H,24,26). The topological polar surface area (TPSA) is 122 Å². The van der Waals surface area contributed by atoms with Crippen LogP contribution in [0, 0.1) is 0 Å². The van der Waals surface area contributed by atoms with Crippen molar-refractivity contribution in [3.8, 4) is 17.4 Å². The Balaban J connectivity index is 1.59. The molecule has 2 heterocycles. The molecule has 168 valence electrons. The number of amides is 1. The fourth-order valence-corrected chi connectivity index (χ4v) is 4.31. The van der Waals surface area contributed by atoms with Crippen LogP contribution >= 0.6 is 0 Å². The maximum absolute atomic E-state index is 13.1. The number of rotatable bonds is 9. The first-order valence-corrected chi connectivity index (χ1v) is 11.3. The van der Waals surface area contributed by atoms with E-state index in [1.165, 1.54) is 32.4 Å². The van der Waals surface area contributed by atoms with Crippen LogP contribution in [0.15, 0.2) is 53.7 Å². The molecule has 10 nitrogen and oxygen atoms in total. The lowest BCUT2D eigenvalue weighted by Crippen LogP contribution is -2.32. The zero-order valence-electron chi connectivity index (χ0n) is 17.5. The lowest BCUT2D eigenvalue weighted by atomic mass is 10.2. The van der Waals surface area contributed by atoms with Gasteiger partial charge in [-0.15, -0.1) is 0 Å². The second-order valence-electron chi connectivity index (χ2n) is 7.11. The molecule has 11 heteroatoms. The molecule has 1 aromatic carbocycles. The molecule has 0 atom stereocenters. The predicted molar refractivity (Wildman–Crippen MR) is 113 cm³/mol. The van der Waals surface area contributed by atoms with Crippen molar-refractivity contribution in [3.63, 3.8) is 0 Å². The maximum atomic E-state index is 13.1. The third-order valence-electron chi connectivity index (χ3n) is 4.73. The zero-order valence-corrected chi connectivity index (χ0v) is 18.3. The molecule has 0 unspecified atom stereocenters. The van der Waals surface area contributed by atoms with Crippen LogP contribution in [0.25, 0.3) is 0 Å². The SMILES string of the molecule is COc1cccc(OC2CC2)c1S(=O)(=O)NC(=O)c1ccc(Cn2cccn2)c(OC)n1. The molecule has 0 radical (unpaired) electrons. The molecule has 1 saturated carbocycles. The van der Waals surface area contributed by atoms with E-state index in [4.69, 9.17) is 14.2 Å². The van der Waals surface area contributed by atoms with Gasteiger partial charge < -0.3 is 14.2 Å². The lowest BCUT2D eigenvalue weighted by molar-refractivity contribution is 0.0975. The molecule has 0 spiro atoms. The summed E-state index contributed by atoms with van der Waals surface area (Å²) in [6.07, 6.45) is 5.07. The molecule has 1 aliphatic rings. The number of ether oxygens (including phenoxy) is 3. The van der Waals surface area contributed by atoms with Crippen LogP contribution in [-0.2, 0) is 16.6 Å². The normalized spacial score (nSPS) is 13.4. The predicted octanol–water partition coefficient (Wildman–Crippen LogP) is 2.00. The molecule has 0 aliphatic heterocycles. The Morgan fingerprint density at radius 1 is 1.12 bits per heavy atom. The third-order valence-corrected chi connectivity index (χ3v) is 6.13. The van der Waals surface area contributed by atoms with Crippen molar-refractivity contribution >= 4 is 15.9 Å². The molecule has 1 amide bonds. The molecule has 2 aromatic heterocycles. The molecular formula is C21H22N4O6S. The Morgan fingerprint density at radius 2 is 1.91 bits per heavy atom. The molecule has 1 aliphatic carbocycles. The average Bonchev–Trinajstić information content (AvgIpc) is 3.44. The number of nitrogens with zero attached hydrogens (tertiary/aromatic N) is 3. The largest absolute Gasteiger partial charge is 0.495 e. The van der Waals surface area contributed by atoms with Crippen LogP contribution in [0.2, 0.25) is 0 Å². The molecule has 0 saturated heterocycles. The summed E-state index contributed by atoms with van der Waals surface area (Å²) in [5.41, 5.74) is 0.564. The van der Waals surface area contributed by atoms with Gasteiger partial charge >= 0.3 is 0 Å². The minimum absolute atomic E-state index is 0.0417. The van der Waals surface area contributed by atoms with Crippen molar-refractivity contribution in [1.29, 1.82) is 0 Å². The number of hydrogen-bond acceptors (Lipinski definition) is 8. The van der Waals surface area contributed by atoms with E-state index in [2.05, 4.69) is 14.8 Å². The highest BCUT2D eigenvalue weighted by Gasteiger charge is 2.31. The van der Waals surface area contributed by atoms with Crippen LogP contribution in [0.1, 0.15) is 28.9 Å². The second kappa shape index (κ2) is 8.87. The molecule has 32 heavy (non-hydrogen) atoms. The first kappa shape index (κ1) is 21.6. The van der Waals surface area contributed by atoms with Gasteiger partial charge in [-0.2, -0.15) is 5.10 Å². The third kappa shape index (κ3) is 4.67. The van der Waals surface area contributed by atoms with Crippen molar-refractivity contribution in [2.45, 2.75) is 30.4 Å². The number of nitrogens with one attached hydrogen (secondary N) is 1. The number of hydrogen-bond donors (Lipinski definition) is 1. The number of benzene rings is 1. The van der Waals surface area contributed by atoms with E-state index in [9.17, 15) is 13.2 Å². The van der Waals surface area contributed by atoms with Gasteiger partial charge in [-0.25, -0.2) is 18.1 Å². The summed E-state index contributed by atoms with van der Waals surface area (Å²) >= 11 is 0. The number of carbonyl (C=O) groups excluding carboxylic acids is 1. The first-order chi connectivity index (χ1) is 15.4. The highest BCUT2D eigenvalue weighted by Crippen LogP contribution is 2.36. The summed E-state index contributed by atoms with van der Waals surface area (Å²) < 4.78 is 46.1. The van der Waals surface area contributed by atoms with Crippen molar-refractivity contribution < 1.29 is 27.4 Å². The fourth-order valence-electron chi connectivity index (χ4n) is 3.07. The number of aromatic nitrogens is 3.